The number of nitrogens with one attached hydrogen (secondary N) is 1. The summed E-state index contributed by atoms with van der Waals surface area (Å²) in [6.45, 7) is 3.93. The third-order valence-electron chi connectivity index (χ3n) is 3.46. The summed E-state index contributed by atoms with van der Waals surface area (Å²) in [5.41, 5.74) is 1.89. The second kappa shape index (κ2) is 4.98. The van der Waals surface area contributed by atoms with Crippen LogP contribution in [0.1, 0.15) is 0 Å². The van der Waals surface area contributed by atoms with Crippen LogP contribution in [0.25, 0.3) is 11.0 Å². The normalized spacial score (nSPS) is 17.3. The Bertz CT molecular complexity index is 670. The number of hydrogen-bond donors (Lipinski definition) is 1. The van der Waals surface area contributed by atoms with Crippen LogP contribution in [-0.4, -0.2) is 47.8 Å². The summed E-state index contributed by atoms with van der Waals surface area (Å²) < 4.78 is 2.71. The number of benzene rings is 1. The van der Waals surface area contributed by atoms with Crippen molar-refractivity contribution in [3.8, 4) is 0 Å². The molecule has 19 heavy (non-hydrogen) atoms. The van der Waals surface area contributed by atoms with Crippen LogP contribution in [0.4, 0.5) is 0 Å². The molecule has 0 radical (unpaired) electrons. The van der Waals surface area contributed by atoms with Gasteiger partial charge in [-0.05, 0) is 31.4 Å². The predicted octanol–water partition coefficient (Wildman–Crippen LogP) is 2.89. The number of H-pyrrole nitrogens is 1. The summed E-state index contributed by atoms with van der Waals surface area (Å²) in [4.78, 5) is 5.49. The molecular weight excluding hydrogens is 303 g/mol. The van der Waals surface area contributed by atoms with E-state index in [1.54, 1.807) is 0 Å². The molecule has 1 fully saturated rings. The van der Waals surface area contributed by atoms with Crippen LogP contribution in [0.15, 0.2) is 12.1 Å². The Morgan fingerprint density at radius 2 is 1.74 bits per heavy atom. The smallest absolute Gasteiger partial charge is 0.197 e. The van der Waals surface area contributed by atoms with E-state index in [-0.39, 0.29) is 0 Å². The predicted molar refractivity (Wildman–Crippen MR) is 82.6 cm³/mol. The SMILES string of the molecule is CN1CCN(n2c(=S)[nH]c3cc(Cl)c(Cl)cc32)CC1. The van der Waals surface area contributed by atoms with Gasteiger partial charge in [0.15, 0.2) is 4.77 Å². The first-order valence-corrected chi connectivity index (χ1v) is 7.26. The van der Waals surface area contributed by atoms with Crippen LogP contribution >= 0.6 is 35.4 Å². The summed E-state index contributed by atoms with van der Waals surface area (Å²) in [6, 6.07) is 3.69. The van der Waals surface area contributed by atoms with Gasteiger partial charge in [-0.25, -0.2) is 4.68 Å². The standard InChI is InChI=1S/C12H14Cl2N4S/c1-16-2-4-17(5-3-16)18-11-7-9(14)8(13)6-10(11)15-12(18)19/h6-7H,2-5H2,1H3,(H,15,19). The molecule has 0 aliphatic carbocycles. The Hall–Kier alpha value is -0.750. The van der Waals surface area contributed by atoms with E-state index in [1.165, 1.54) is 0 Å². The van der Waals surface area contributed by atoms with Gasteiger partial charge in [0.25, 0.3) is 0 Å². The number of imidazole rings is 1. The number of likely N-dealkylation sites (N-methyl/N-ethyl adjacent to an activating group) is 1. The molecule has 3 rings (SSSR count). The number of fused-ring (bicyclic) bond motifs is 1. The zero-order valence-corrected chi connectivity index (χ0v) is 12.8. The highest BCUT2D eigenvalue weighted by atomic mass is 35.5. The van der Waals surface area contributed by atoms with Crippen LogP contribution in [0.5, 0.6) is 0 Å². The van der Waals surface area contributed by atoms with Gasteiger partial charge in [-0.1, -0.05) is 23.2 Å². The minimum atomic E-state index is 0.538. The number of aromatic nitrogens is 2. The Morgan fingerprint density at radius 3 is 2.42 bits per heavy atom. The molecule has 4 nitrogen and oxygen atoms in total. The molecule has 1 aromatic heterocycles. The van der Waals surface area contributed by atoms with Gasteiger partial charge in [0.2, 0.25) is 0 Å². The zero-order chi connectivity index (χ0) is 13.6. The first kappa shape index (κ1) is 13.2. The zero-order valence-electron chi connectivity index (χ0n) is 10.5. The van der Waals surface area contributed by atoms with Crippen molar-refractivity contribution in [3.05, 3.63) is 26.9 Å². The summed E-state index contributed by atoms with van der Waals surface area (Å²) >= 11 is 17.6. The highest BCUT2D eigenvalue weighted by Gasteiger charge is 2.18. The van der Waals surface area contributed by atoms with Gasteiger partial charge in [0.1, 0.15) is 0 Å². The molecule has 0 bridgehead atoms. The fourth-order valence-corrected chi connectivity index (χ4v) is 3.01. The Labute approximate surface area is 126 Å². The molecule has 2 aromatic rings. The summed E-state index contributed by atoms with van der Waals surface area (Å²) in [7, 11) is 2.13. The van der Waals surface area contributed by atoms with Crippen LogP contribution in [0.2, 0.25) is 10.0 Å². The number of halogens is 2. The molecule has 0 saturated carbocycles. The van der Waals surface area contributed by atoms with Crippen molar-refractivity contribution in [2.45, 2.75) is 0 Å². The van der Waals surface area contributed by atoms with E-state index in [9.17, 15) is 0 Å². The average Bonchev–Trinajstić information content (AvgIpc) is 2.67. The lowest BCUT2D eigenvalue weighted by molar-refractivity contribution is 0.288. The van der Waals surface area contributed by atoms with Gasteiger partial charge in [-0.15, -0.1) is 0 Å². The molecule has 2 heterocycles. The number of piperazine rings is 1. The van der Waals surface area contributed by atoms with Crippen molar-refractivity contribution in [1.29, 1.82) is 0 Å². The van der Waals surface area contributed by atoms with Crippen LogP contribution in [-0.2, 0) is 0 Å². The van der Waals surface area contributed by atoms with Crippen molar-refractivity contribution < 1.29 is 0 Å². The number of nitrogens with zero attached hydrogens (tertiary/aromatic N) is 3. The van der Waals surface area contributed by atoms with Gasteiger partial charge in [-0.2, -0.15) is 0 Å². The number of aromatic amines is 1. The van der Waals surface area contributed by atoms with E-state index in [0.29, 0.717) is 14.8 Å². The molecule has 0 amide bonds. The molecule has 0 atom stereocenters. The van der Waals surface area contributed by atoms with E-state index in [4.69, 9.17) is 35.4 Å². The molecule has 0 spiro atoms. The first-order valence-electron chi connectivity index (χ1n) is 6.10. The lowest BCUT2D eigenvalue weighted by atomic mass is 10.3. The van der Waals surface area contributed by atoms with E-state index in [0.717, 1.165) is 37.2 Å². The van der Waals surface area contributed by atoms with Crippen molar-refractivity contribution in [2.24, 2.45) is 0 Å². The monoisotopic (exact) mass is 316 g/mol. The summed E-state index contributed by atoms with van der Waals surface area (Å²) in [5.74, 6) is 0. The Kier molecular flexibility index (Phi) is 3.47. The lowest BCUT2D eigenvalue weighted by Gasteiger charge is -2.34. The molecule has 1 saturated heterocycles. The quantitative estimate of drug-likeness (QED) is 0.820. The van der Waals surface area contributed by atoms with Crippen molar-refractivity contribution in [2.75, 3.05) is 38.2 Å². The fraction of sp³-hybridized carbons (Fsp3) is 0.417. The maximum atomic E-state index is 6.11. The molecule has 1 aliphatic rings. The second-order valence-electron chi connectivity index (χ2n) is 4.78. The molecule has 0 unspecified atom stereocenters. The second-order valence-corrected chi connectivity index (χ2v) is 5.98. The summed E-state index contributed by atoms with van der Waals surface area (Å²) in [6.07, 6.45) is 0. The third kappa shape index (κ3) is 2.36. The average molecular weight is 317 g/mol. The third-order valence-corrected chi connectivity index (χ3v) is 4.46. The molecule has 1 aromatic carbocycles. The topological polar surface area (TPSA) is 27.2 Å². The van der Waals surface area contributed by atoms with Crippen LogP contribution in [0.3, 0.4) is 0 Å². The van der Waals surface area contributed by atoms with Crippen molar-refractivity contribution in [1.82, 2.24) is 14.6 Å². The first-order chi connectivity index (χ1) is 9.06. The molecule has 1 N–H and O–H groups in total. The lowest BCUT2D eigenvalue weighted by Crippen LogP contribution is -2.49. The van der Waals surface area contributed by atoms with Crippen molar-refractivity contribution in [3.63, 3.8) is 0 Å². The maximum absolute atomic E-state index is 6.11. The minimum absolute atomic E-state index is 0.538. The minimum Gasteiger partial charge on any atom is -0.329 e. The van der Waals surface area contributed by atoms with Gasteiger partial charge in [0, 0.05) is 26.2 Å². The Balaban J connectivity index is 2.10. The van der Waals surface area contributed by atoms with E-state index in [2.05, 4.69) is 21.9 Å². The van der Waals surface area contributed by atoms with E-state index >= 15 is 0 Å². The van der Waals surface area contributed by atoms with E-state index in [1.807, 2.05) is 16.8 Å². The molecule has 7 heteroatoms. The maximum Gasteiger partial charge on any atom is 0.197 e. The van der Waals surface area contributed by atoms with Crippen molar-refractivity contribution >= 4 is 46.5 Å². The van der Waals surface area contributed by atoms with Gasteiger partial charge >= 0.3 is 0 Å². The number of rotatable bonds is 1. The highest BCUT2D eigenvalue weighted by molar-refractivity contribution is 7.71. The fourth-order valence-electron chi connectivity index (χ4n) is 2.37. The van der Waals surface area contributed by atoms with Gasteiger partial charge < -0.3 is 14.9 Å². The van der Waals surface area contributed by atoms with Crippen LogP contribution in [0, 0.1) is 4.77 Å². The molecule has 1 aliphatic heterocycles. The highest BCUT2D eigenvalue weighted by Crippen LogP contribution is 2.27. The Morgan fingerprint density at radius 1 is 1.11 bits per heavy atom. The summed E-state index contributed by atoms with van der Waals surface area (Å²) in [5, 5.41) is 3.33. The van der Waals surface area contributed by atoms with Gasteiger partial charge in [0.05, 0.1) is 21.1 Å². The molecular formula is C12H14Cl2N4S. The van der Waals surface area contributed by atoms with E-state index < -0.39 is 0 Å². The van der Waals surface area contributed by atoms with Crippen LogP contribution < -0.4 is 5.01 Å². The van der Waals surface area contributed by atoms with Gasteiger partial charge in [-0.3, -0.25) is 0 Å². The largest absolute Gasteiger partial charge is 0.329 e. The molecule has 102 valence electrons. The number of hydrogen-bond acceptors (Lipinski definition) is 3.